The molecule has 1 N–H and O–H groups in total. The lowest BCUT2D eigenvalue weighted by Gasteiger charge is -2.33. The topological polar surface area (TPSA) is 44.8 Å². The summed E-state index contributed by atoms with van der Waals surface area (Å²) >= 11 is 0. The number of hydrogen-bond acceptors (Lipinski definition) is 4. The first-order valence-electron chi connectivity index (χ1n) is 7.82. The molecule has 1 aromatic rings. The number of unbranched alkanes of at least 4 members (excludes halogenated alkanes) is 1. The van der Waals surface area contributed by atoms with Crippen LogP contribution in [-0.2, 0) is 4.79 Å². The number of ether oxygens (including phenoxy) is 1. The molecule has 0 spiro atoms. The predicted molar refractivity (Wildman–Crippen MR) is 84.3 cm³/mol. The van der Waals surface area contributed by atoms with Gasteiger partial charge in [0.2, 0.25) is 0 Å². The molecule has 5 heteroatoms. The standard InChI is InChI=1S/C16H23N3O2/c1-2-3-8-19-14-11-13(18-9-6-17-7-10-18)4-5-15(14)21-12-16(19)20/h4-5,11,17H,2-3,6-10,12H2,1H3. The number of carbonyl (C=O) groups excluding carboxylic acids is 1. The molecule has 0 bridgehead atoms. The smallest absolute Gasteiger partial charge is 0.265 e. The molecule has 0 aliphatic carbocycles. The second-order valence-corrected chi connectivity index (χ2v) is 5.58. The third-order valence-corrected chi connectivity index (χ3v) is 4.10. The van der Waals surface area contributed by atoms with Crippen LogP contribution in [0.1, 0.15) is 19.8 Å². The fraction of sp³-hybridized carbons (Fsp3) is 0.562. The molecule has 0 aromatic heterocycles. The van der Waals surface area contributed by atoms with Crippen molar-refractivity contribution < 1.29 is 9.53 Å². The Morgan fingerprint density at radius 1 is 1.29 bits per heavy atom. The largest absolute Gasteiger partial charge is 0.482 e. The highest BCUT2D eigenvalue weighted by atomic mass is 16.5. The van der Waals surface area contributed by atoms with E-state index in [9.17, 15) is 4.79 Å². The van der Waals surface area contributed by atoms with Crippen molar-refractivity contribution in [3.05, 3.63) is 18.2 Å². The molecule has 2 aliphatic heterocycles. The number of nitrogens with one attached hydrogen (secondary N) is 1. The summed E-state index contributed by atoms with van der Waals surface area (Å²) in [5.74, 6) is 0.887. The zero-order chi connectivity index (χ0) is 14.7. The van der Waals surface area contributed by atoms with Crippen molar-refractivity contribution in [3.8, 4) is 5.75 Å². The molecule has 2 heterocycles. The lowest BCUT2D eigenvalue weighted by Crippen LogP contribution is -2.44. The zero-order valence-corrected chi connectivity index (χ0v) is 12.6. The average molecular weight is 289 g/mol. The number of piperazine rings is 1. The second-order valence-electron chi connectivity index (χ2n) is 5.58. The van der Waals surface area contributed by atoms with Crippen LogP contribution in [0.4, 0.5) is 11.4 Å². The van der Waals surface area contributed by atoms with E-state index in [-0.39, 0.29) is 12.5 Å². The van der Waals surface area contributed by atoms with Crippen LogP contribution in [0, 0.1) is 0 Å². The quantitative estimate of drug-likeness (QED) is 0.915. The van der Waals surface area contributed by atoms with E-state index in [4.69, 9.17) is 4.74 Å². The van der Waals surface area contributed by atoms with Gasteiger partial charge in [-0.15, -0.1) is 0 Å². The van der Waals surface area contributed by atoms with Crippen LogP contribution in [-0.4, -0.2) is 45.2 Å². The normalized spacial score (nSPS) is 18.4. The van der Waals surface area contributed by atoms with Gasteiger partial charge in [-0.3, -0.25) is 4.79 Å². The zero-order valence-electron chi connectivity index (χ0n) is 12.6. The Balaban J connectivity index is 1.87. The number of carbonyl (C=O) groups is 1. The highest BCUT2D eigenvalue weighted by molar-refractivity contribution is 5.98. The summed E-state index contributed by atoms with van der Waals surface area (Å²) in [7, 11) is 0. The van der Waals surface area contributed by atoms with Crippen molar-refractivity contribution in [3.63, 3.8) is 0 Å². The van der Waals surface area contributed by atoms with Gasteiger partial charge in [0, 0.05) is 38.4 Å². The monoisotopic (exact) mass is 289 g/mol. The first-order valence-corrected chi connectivity index (χ1v) is 7.82. The van der Waals surface area contributed by atoms with E-state index >= 15 is 0 Å². The fourth-order valence-corrected chi connectivity index (χ4v) is 2.87. The Kier molecular flexibility index (Phi) is 4.29. The molecular formula is C16H23N3O2. The van der Waals surface area contributed by atoms with E-state index in [1.807, 2.05) is 11.0 Å². The summed E-state index contributed by atoms with van der Waals surface area (Å²) in [6.07, 6.45) is 2.10. The number of rotatable bonds is 4. The third kappa shape index (κ3) is 2.97. The van der Waals surface area contributed by atoms with Gasteiger partial charge in [0.05, 0.1) is 5.69 Å². The van der Waals surface area contributed by atoms with Gasteiger partial charge in [-0.05, 0) is 24.6 Å². The van der Waals surface area contributed by atoms with Crippen molar-refractivity contribution in [2.24, 2.45) is 0 Å². The highest BCUT2D eigenvalue weighted by Gasteiger charge is 2.26. The Morgan fingerprint density at radius 3 is 2.86 bits per heavy atom. The number of nitrogens with zero attached hydrogens (tertiary/aromatic N) is 2. The SMILES string of the molecule is CCCCN1C(=O)COc2ccc(N3CCNCC3)cc21. The van der Waals surface area contributed by atoms with Gasteiger partial charge in [0.1, 0.15) is 5.75 Å². The van der Waals surface area contributed by atoms with Crippen LogP contribution in [0.3, 0.4) is 0 Å². The number of hydrogen-bond donors (Lipinski definition) is 1. The Morgan fingerprint density at radius 2 is 2.10 bits per heavy atom. The molecule has 0 atom stereocenters. The molecule has 0 saturated carbocycles. The van der Waals surface area contributed by atoms with Gasteiger partial charge in [-0.1, -0.05) is 13.3 Å². The summed E-state index contributed by atoms with van der Waals surface area (Å²) in [4.78, 5) is 16.4. The summed E-state index contributed by atoms with van der Waals surface area (Å²) in [5.41, 5.74) is 2.10. The van der Waals surface area contributed by atoms with Gasteiger partial charge in [0.15, 0.2) is 6.61 Å². The fourth-order valence-electron chi connectivity index (χ4n) is 2.87. The van der Waals surface area contributed by atoms with Crippen LogP contribution in [0.5, 0.6) is 5.75 Å². The second kappa shape index (κ2) is 6.35. The molecule has 5 nitrogen and oxygen atoms in total. The highest BCUT2D eigenvalue weighted by Crippen LogP contribution is 2.35. The van der Waals surface area contributed by atoms with Gasteiger partial charge >= 0.3 is 0 Å². The maximum Gasteiger partial charge on any atom is 0.265 e. The van der Waals surface area contributed by atoms with E-state index in [0.29, 0.717) is 0 Å². The molecule has 1 saturated heterocycles. The molecule has 1 aromatic carbocycles. The predicted octanol–water partition coefficient (Wildman–Crippen LogP) is 1.62. The molecule has 21 heavy (non-hydrogen) atoms. The van der Waals surface area contributed by atoms with Crippen molar-refractivity contribution in [1.82, 2.24) is 5.32 Å². The number of benzene rings is 1. The lowest BCUT2D eigenvalue weighted by atomic mass is 10.1. The minimum absolute atomic E-state index is 0.0633. The first kappa shape index (κ1) is 14.2. The molecule has 0 radical (unpaired) electrons. The molecule has 2 aliphatic rings. The Bertz CT molecular complexity index is 512. The molecule has 1 amide bonds. The first-order chi connectivity index (χ1) is 10.3. The van der Waals surface area contributed by atoms with Crippen molar-refractivity contribution in [2.75, 3.05) is 49.1 Å². The van der Waals surface area contributed by atoms with Crippen molar-refractivity contribution in [2.45, 2.75) is 19.8 Å². The van der Waals surface area contributed by atoms with Crippen LogP contribution < -0.4 is 19.9 Å². The van der Waals surface area contributed by atoms with Crippen LogP contribution in [0.25, 0.3) is 0 Å². The van der Waals surface area contributed by atoms with Crippen molar-refractivity contribution >= 4 is 17.3 Å². The molecular weight excluding hydrogens is 266 g/mol. The molecule has 114 valence electrons. The van der Waals surface area contributed by atoms with Crippen LogP contribution in [0.15, 0.2) is 18.2 Å². The number of fused-ring (bicyclic) bond motifs is 1. The minimum atomic E-state index is 0.0633. The Labute approximate surface area is 125 Å². The van der Waals surface area contributed by atoms with Crippen LogP contribution >= 0.6 is 0 Å². The van der Waals surface area contributed by atoms with Gasteiger partial charge < -0.3 is 19.9 Å². The molecule has 0 unspecified atom stereocenters. The van der Waals surface area contributed by atoms with E-state index in [1.165, 1.54) is 5.69 Å². The van der Waals surface area contributed by atoms with Gasteiger partial charge in [-0.2, -0.15) is 0 Å². The summed E-state index contributed by atoms with van der Waals surface area (Å²) in [5, 5.41) is 3.36. The summed E-state index contributed by atoms with van der Waals surface area (Å²) in [6.45, 7) is 7.09. The van der Waals surface area contributed by atoms with Crippen LogP contribution in [0.2, 0.25) is 0 Å². The van der Waals surface area contributed by atoms with E-state index in [0.717, 1.165) is 57.0 Å². The van der Waals surface area contributed by atoms with E-state index in [1.54, 1.807) is 0 Å². The summed E-state index contributed by atoms with van der Waals surface area (Å²) in [6, 6.07) is 6.20. The number of amides is 1. The lowest BCUT2D eigenvalue weighted by molar-refractivity contribution is -0.121. The van der Waals surface area contributed by atoms with Gasteiger partial charge in [0.25, 0.3) is 5.91 Å². The average Bonchev–Trinajstić information content (AvgIpc) is 2.54. The Hall–Kier alpha value is -1.75. The summed E-state index contributed by atoms with van der Waals surface area (Å²) < 4.78 is 5.57. The van der Waals surface area contributed by atoms with E-state index in [2.05, 4.69) is 29.3 Å². The van der Waals surface area contributed by atoms with Gasteiger partial charge in [-0.25, -0.2) is 0 Å². The molecule has 3 rings (SSSR count). The maximum absolute atomic E-state index is 12.1. The number of anilines is 2. The third-order valence-electron chi connectivity index (χ3n) is 4.10. The minimum Gasteiger partial charge on any atom is -0.482 e. The van der Waals surface area contributed by atoms with Crippen molar-refractivity contribution in [1.29, 1.82) is 0 Å². The van der Waals surface area contributed by atoms with E-state index < -0.39 is 0 Å². The maximum atomic E-state index is 12.1. The molecule has 1 fully saturated rings.